The number of likely N-dealkylation sites (tertiary alicyclic amines) is 1. The Morgan fingerprint density at radius 1 is 1.14 bits per heavy atom. The third-order valence-corrected chi connectivity index (χ3v) is 13.6. The molecule has 3 spiro atoms. The predicted molar refractivity (Wildman–Crippen MR) is 136 cm³/mol. The average molecular weight is 496 g/mol. The number of allylic oxidation sites excluding steroid dienone is 2. The minimum absolute atomic E-state index is 0.109. The van der Waals surface area contributed by atoms with Gasteiger partial charge in [-0.3, -0.25) is 9.69 Å². The molecule has 5 saturated carbocycles. The van der Waals surface area contributed by atoms with Crippen LogP contribution in [-0.2, 0) is 14.3 Å². The van der Waals surface area contributed by atoms with Crippen molar-refractivity contribution >= 4 is 5.78 Å². The zero-order chi connectivity index (χ0) is 24.5. The van der Waals surface area contributed by atoms with Crippen molar-refractivity contribution in [2.75, 3.05) is 32.9 Å². The summed E-state index contributed by atoms with van der Waals surface area (Å²) in [6, 6.07) is 0.568. The molecule has 0 radical (unpaired) electrons. The molecule has 8 aliphatic rings. The van der Waals surface area contributed by atoms with Crippen molar-refractivity contribution in [2.45, 2.75) is 95.8 Å². The van der Waals surface area contributed by atoms with Gasteiger partial charge in [0.1, 0.15) is 0 Å². The number of rotatable bonds is 5. The van der Waals surface area contributed by atoms with E-state index in [4.69, 9.17) is 14.6 Å². The third-order valence-electron chi connectivity index (χ3n) is 13.6. The van der Waals surface area contributed by atoms with Crippen LogP contribution in [0.15, 0.2) is 11.6 Å². The number of hydrogen-bond donors (Lipinski definition) is 1. The first-order chi connectivity index (χ1) is 17.4. The van der Waals surface area contributed by atoms with Gasteiger partial charge in [-0.25, -0.2) is 0 Å². The maximum Gasteiger partial charge on any atom is 0.155 e. The molecule has 2 saturated heterocycles. The van der Waals surface area contributed by atoms with E-state index in [-0.39, 0.29) is 17.6 Å². The van der Waals surface area contributed by atoms with Crippen LogP contribution in [0.25, 0.3) is 0 Å². The fourth-order valence-corrected chi connectivity index (χ4v) is 12.4. The molecule has 11 atom stereocenters. The zero-order valence-corrected chi connectivity index (χ0v) is 22.3. The normalized spacial score (nSPS) is 56.2. The van der Waals surface area contributed by atoms with E-state index >= 15 is 0 Å². The first kappa shape index (κ1) is 23.2. The molecule has 8 rings (SSSR count). The second-order valence-electron chi connectivity index (χ2n) is 14.6. The molecule has 0 bridgehead atoms. The Bertz CT molecular complexity index is 1010. The van der Waals surface area contributed by atoms with Crippen molar-refractivity contribution < 1.29 is 19.4 Å². The molecule has 198 valence electrons. The van der Waals surface area contributed by atoms with Crippen LogP contribution in [0.1, 0.15) is 78.1 Å². The summed E-state index contributed by atoms with van der Waals surface area (Å²) in [5, 5.41) is 9.11. The standard InChI is InChI=1S/C31H45NO4/c1-19-13-26-27(32(17-19)9-11-35-12-10-33)25-16-30-18-29(30)15-24-22(23(29)6-8-31(25,30)36-26)4-3-20-14-21(34)5-7-28(20,24)2/h14,19,22-27,33H,3-13,15-18H2,1-2H3/t19-,22?,23-,24-,25+,26+,27-,28-,29?,30?,31+/m0/s1. The van der Waals surface area contributed by atoms with Crippen molar-refractivity contribution in [1.29, 1.82) is 0 Å². The highest BCUT2D eigenvalue weighted by Gasteiger charge is 2.91. The predicted octanol–water partition coefficient (Wildman–Crippen LogP) is 4.38. The molecule has 0 amide bonds. The maximum absolute atomic E-state index is 12.3. The first-order valence-corrected chi connectivity index (χ1v) is 15.2. The van der Waals surface area contributed by atoms with Crippen LogP contribution in [-0.4, -0.2) is 66.4 Å². The molecule has 5 heteroatoms. The Morgan fingerprint density at radius 3 is 2.89 bits per heavy atom. The smallest absolute Gasteiger partial charge is 0.155 e. The lowest BCUT2D eigenvalue weighted by Crippen LogP contribution is -2.64. The highest BCUT2D eigenvalue weighted by atomic mass is 16.5. The topological polar surface area (TPSA) is 59.0 Å². The van der Waals surface area contributed by atoms with Crippen molar-refractivity contribution in [3.63, 3.8) is 0 Å². The van der Waals surface area contributed by atoms with Crippen LogP contribution in [0, 0.1) is 45.8 Å². The Labute approximate surface area is 216 Å². The third kappa shape index (κ3) is 2.60. The molecular weight excluding hydrogens is 450 g/mol. The number of aliphatic hydroxyl groups excluding tert-OH is 1. The molecule has 0 aromatic heterocycles. The van der Waals surface area contributed by atoms with Crippen molar-refractivity contribution in [3.05, 3.63) is 11.6 Å². The lowest BCUT2D eigenvalue weighted by Gasteiger charge is -2.60. The molecular formula is C31H45NO4. The molecule has 3 unspecified atom stereocenters. The number of aliphatic hydroxyl groups is 1. The average Bonchev–Trinajstić information content (AvgIpc) is 3.33. The number of fused-ring (bicyclic) bond motifs is 6. The van der Waals surface area contributed by atoms with Gasteiger partial charge in [0, 0.05) is 36.9 Å². The van der Waals surface area contributed by atoms with Crippen LogP contribution in [0.5, 0.6) is 0 Å². The number of nitrogens with zero attached hydrogens (tertiary/aromatic N) is 1. The number of carbonyl (C=O) groups is 1. The van der Waals surface area contributed by atoms with Gasteiger partial charge in [0.25, 0.3) is 0 Å². The molecule has 5 nitrogen and oxygen atoms in total. The van der Waals surface area contributed by atoms with E-state index in [1.54, 1.807) is 0 Å². The Morgan fingerprint density at radius 2 is 2.03 bits per heavy atom. The summed E-state index contributed by atoms with van der Waals surface area (Å²) in [5.41, 5.74) is 2.90. The molecule has 0 aromatic rings. The van der Waals surface area contributed by atoms with Crippen LogP contribution in [0.3, 0.4) is 0 Å². The van der Waals surface area contributed by atoms with Gasteiger partial charge < -0.3 is 14.6 Å². The van der Waals surface area contributed by atoms with Gasteiger partial charge in [-0.15, -0.1) is 0 Å². The number of piperidine rings is 1. The number of carbonyl (C=O) groups excluding carboxylic acids is 1. The van der Waals surface area contributed by atoms with Gasteiger partial charge in [-0.2, -0.15) is 0 Å². The highest BCUT2D eigenvalue weighted by molar-refractivity contribution is 5.91. The SMILES string of the molecule is C[C@H]1C[C@H]2O[C@@]34CC[C@H]5C6CCC7=CC(=O)CC[C@]7(C)[C@H]6CC56CC63C[C@@H]4[C@@H]2N(CCOCCO)C1. The maximum atomic E-state index is 12.3. The molecule has 7 fully saturated rings. The second kappa shape index (κ2) is 7.46. The molecule has 2 heterocycles. The Hall–Kier alpha value is -0.750. The van der Waals surface area contributed by atoms with Crippen molar-refractivity contribution in [2.24, 2.45) is 45.8 Å². The highest BCUT2D eigenvalue weighted by Crippen LogP contribution is 2.93. The molecule has 1 N–H and O–H groups in total. The van der Waals surface area contributed by atoms with Crippen molar-refractivity contribution in [3.8, 4) is 0 Å². The van der Waals surface area contributed by atoms with E-state index in [1.165, 1.54) is 56.9 Å². The van der Waals surface area contributed by atoms with E-state index in [2.05, 4.69) is 24.8 Å². The van der Waals surface area contributed by atoms with Gasteiger partial charge in [-0.05, 0) is 98.4 Å². The minimum atomic E-state index is 0.109. The molecule has 2 aliphatic heterocycles. The summed E-state index contributed by atoms with van der Waals surface area (Å²) in [7, 11) is 0. The summed E-state index contributed by atoms with van der Waals surface area (Å²) in [6.45, 7) is 8.33. The van der Waals surface area contributed by atoms with Crippen molar-refractivity contribution in [1.82, 2.24) is 4.90 Å². The fourth-order valence-electron chi connectivity index (χ4n) is 12.4. The van der Waals surface area contributed by atoms with E-state index in [9.17, 15) is 4.79 Å². The van der Waals surface area contributed by atoms with Gasteiger partial charge >= 0.3 is 0 Å². The van der Waals surface area contributed by atoms with E-state index in [0.29, 0.717) is 53.8 Å². The fraction of sp³-hybridized carbons (Fsp3) is 0.903. The summed E-state index contributed by atoms with van der Waals surface area (Å²) >= 11 is 0. The first-order valence-electron chi connectivity index (χ1n) is 15.2. The van der Waals surface area contributed by atoms with Gasteiger partial charge in [0.2, 0.25) is 0 Å². The summed E-state index contributed by atoms with van der Waals surface area (Å²) in [5.74, 6) is 4.31. The summed E-state index contributed by atoms with van der Waals surface area (Å²) in [4.78, 5) is 15.0. The quantitative estimate of drug-likeness (QED) is 0.574. The summed E-state index contributed by atoms with van der Waals surface area (Å²) < 4.78 is 13.0. The van der Waals surface area contributed by atoms with Gasteiger partial charge in [0.15, 0.2) is 5.78 Å². The van der Waals surface area contributed by atoms with Gasteiger partial charge in [0.05, 0.1) is 31.5 Å². The van der Waals surface area contributed by atoms with E-state index in [1.807, 2.05) is 0 Å². The lowest BCUT2D eigenvalue weighted by molar-refractivity contribution is -0.211. The van der Waals surface area contributed by atoms with Gasteiger partial charge in [-0.1, -0.05) is 19.4 Å². The monoisotopic (exact) mass is 495 g/mol. The molecule has 6 aliphatic carbocycles. The zero-order valence-electron chi connectivity index (χ0n) is 22.3. The van der Waals surface area contributed by atoms with Crippen LogP contribution in [0.4, 0.5) is 0 Å². The van der Waals surface area contributed by atoms with E-state index < -0.39 is 0 Å². The number of ether oxygens (including phenoxy) is 2. The van der Waals surface area contributed by atoms with Crippen LogP contribution in [0.2, 0.25) is 0 Å². The van der Waals surface area contributed by atoms with Crippen LogP contribution >= 0.6 is 0 Å². The molecule has 0 aromatic carbocycles. The molecule has 36 heavy (non-hydrogen) atoms. The minimum Gasteiger partial charge on any atom is -0.394 e. The largest absolute Gasteiger partial charge is 0.394 e. The lowest BCUT2D eigenvalue weighted by atomic mass is 9.47. The Kier molecular flexibility index (Phi) is 4.80. The summed E-state index contributed by atoms with van der Waals surface area (Å²) in [6.07, 6.45) is 14.9. The number of hydrogen-bond acceptors (Lipinski definition) is 5. The Balaban J connectivity index is 1.07. The van der Waals surface area contributed by atoms with E-state index in [0.717, 1.165) is 43.7 Å². The number of ketones is 1. The van der Waals surface area contributed by atoms with Crippen LogP contribution < -0.4 is 0 Å². The second-order valence-corrected chi connectivity index (χ2v) is 14.6.